The van der Waals surface area contributed by atoms with Crippen LogP contribution in [0.5, 0.6) is 0 Å². The molecule has 1 saturated heterocycles. The zero-order valence-corrected chi connectivity index (χ0v) is 42.6. The second kappa shape index (κ2) is 30.0. The minimum atomic E-state index is -0.809. The quantitative estimate of drug-likeness (QED) is 0.0651. The molecule has 1 aliphatic heterocycles. The van der Waals surface area contributed by atoms with E-state index in [2.05, 4.69) is 53.4 Å². The number of likely N-dealkylation sites (N-methyl/N-ethyl adjacent to an activating group) is 2. The van der Waals surface area contributed by atoms with Gasteiger partial charge in [-0.1, -0.05) is 92.1 Å². The van der Waals surface area contributed by atoms with E-state index in [0.29, 0.717) is 65.8 Å². The molecule has 9 atom stereocenters. The molecule has 4 amide bonds. The van der Waals surface area contributed by atoms with Crippen molar-refractivity contribution >= 4 is 35.0 Å². The number of rotatable bonds is 32. The predicted octanol–water partition coefficient (Wildman–Crippen LogP) is 5.12. The predicted molar refractivity (Wildman–Crippen MR) is 258 cm³/mol. The molecule has 0 radical (unpaired) electrons. The van der Waals surface area contributed by atoms with E-state index in [1.165, 1.54) is 11.3 Å². The van der Waals surface area contributed by atoms with Gasteiger partial charge in [-0.15, -0.1) is 11.3 Å². The highest BCUT2D eigenvalue weighted by atomic mass is 32.1. The van der Waals surface area contributed by atoms with Gasteiger partial charge in [0.05, 0.1) is 76.9 Å². The summed E-state index contributed by atoms with van der Waals surface area (Å²) in [6.45, 7) is 19.9. The Labute approximate surface area is 399 Å². The first-order valence-corrected chi connectivity index (χ1v) is 24.8. The van der Waals surface area contributed by atoms with Gasteiger partial charge in [0.1, 0.15) is 11.0 Å². The molecule has 2 aromatic rings. The molecule has 0 saturated carbocycles. The Hall–Kier alpha value is -3.55. The standard InChI is InChI=1S/C49H83N7O9S/c1-12-35(6)45(55(10)49(60)43(33(2)3)53-47(59)44(34(4)5)54(9)22-23-62-24-25-63-26-27-64-28-29-65-50)41(61-11)32-42(57)56-21-16-19-40(56)36(7)37(8)46(58)52-39(48-51-20-30-66-48)31-38-17-14-13-15-18-38/h13-15,17-18,20,30,33-37,39-41,43-45H,12,16,19,21-29,31-32,50H2,1-11H3,(H,52,58)(H,53,59)/t35-,36+,37+,39-,40-,41+,43-,44-,45?/m0/s1. The second-order valence-corrected chi connectivity index (χ2v) is 19.4. The summed E-state index contributed by atoms with van der Waals surface area (Å²) in [5.41, 5.74) is 1.11. The van der Waals surface area contributed by atoms with Crippen molar-refractivity contribution in [3.8, 4) is 0 Å². The van der Waals surface area contributed by atoms with Crippen LogP contribution in [0.1, 0.15) is 97.7 Å². The summed E-state index contributed by atoms with van der Waals surface area (Å²) in [5.74, 6) is 3.62. The summed E-state index contributed by atoms with van der Waals surface area (Å²) in [7, 11) is 5.24. The molecule has 4 N–H and O–H groups in total. The summed E-state index contributed by atoms with van der Waals surface area (Å²) in [5, 5.41) is 9.18. The van der Waals surface area contributed by atoms with Gasteiger partial charge in [-0.25, -0.2) is 10.9 Å². The Balaban J connectivity index is 1.65. The maximum Gasteiger partial charge on any atom is 0.245 e. The fourth-order valence-electron chi connectivity index (χ4n) is 8.98. The van der Waals surface area contributed by atoms with Crippen LogP contribution in [-0.2, 0) is 49.4 Å². The first-order chi connectivity index (χ1) is 31.6. The van der Waals surface area contributed by atoms with E-state index in [0.717, 1.165) is 29.8 Å². The van der Waals surface area contributed by atoms with Gasteiger partial charge in [0.25, 0.3) is 0 Å². The molecule has 1 aromatic heterocycles. The number of carbonyl (C=O) groups excluding carboxylic acids is 4. The lowest BCUT2D eigenvalue weighted by atomic mass is 9.86. The fourth-order valence-corrected chi connectivity index (χ4v) is 9.67. The fraction of sp³-hybridized carbons (Fsp3) is 0.735. The largest absolute Gasteiger partial charge is 0.379 e. The monoisotopic (exact) mass is 946 g/mol. The number of benzene rings is 1. The molecular weight excluding hydrogens is 863 g/mol. The number of nitrogens with one attached hydrogen (secondary N) is 2. The molecule has 1 fully saturated rings. The van der Waals surface area contributed by atoms with Crippen LogP contribution in [0.3, 0.4) is 0 Å². The van der Waals surface area contributed by atoms with Crippen molar-refractivity contribution in [3.05, 3.63) is 52.5 Å². The van der Waals surface area contributed by atoms with Gasteiger partial charge in [0.15, 0.2) is 0 Å². The first-order valence-electron chi connectivity index (χ1n) is 24.0. The number of aromatic nitrogens is 1. The maximum absolute atomic E-state index is 14.6. The number of amides is 4. The molecule has 1 aromatic carbocycles. The van der Waals surface area contributed by atoms with Crippen molar-refractivity contribution < 1.29 is 43.0 Å². The van der Waals surface area contributed by atoms with Gasteiger partial charge in [0, 0.05) is 50.8 Å². The first kappa shape index (κ1) is 56.8. The number of hydrogen-bond donors (Lipinski definition) is 3. The number of hydrogen-bond acceptors (Lipinski definition) is 13. The Kier molecular flexibility index (Phi) is 25.8. The van der Waals surface area contributed by atoms with Crippen molar-refractivity contribution in [2.45, 2.75) is 124 Å². The molecule has 374 valence electrons. The van der Waals surface area contributed by atoms with Crippen LogP contribution in [0.15, 0.2) is 41.9 Å². The van der Waals surface area contributed by atoms with Crippen molar-refractivity contribution in [1.82, 2.24) is 30.3 Å². The van der Waals surface area contributed by atoms with Crippen LogP contribution >= 0.6 is 11.3 Å². The van der Waals surface area contributed by atoms with Crippen molar-refractivity contribution in [1.29, 1.82) is 0 Å². The average Bonchev–Trinajstić information content (AvgIpc) is 4.03. The topological polar surface area (TPSA) is 187 Å². The summed E-state index contributed by atoms with van der Waals surface area (Å²) < 4.78 is 22.8. The summed E-state index contributed by atoms with van der Waals surface area (Å²) in [4.78, 5) is 71.5. The van der Waals surface area contributed by atoms with Crippen molar-refractivity contribution in [2.75, 3.05) is 80.5 Å². The van der Waals surface area contributed by atoms with Crippen LogP contribution in [-0.4, -0.2) is 154 Å². The van der Waals surface area contributed by atoms with Gasteiger partial charge in [-0.3, -0.25) is 24.1 Å². The smallest absolute Gasteiger partial charge is 0.245 e. The number of thiazole rings is 1. The lowest BCUT2D eigenvalue weighted by Gasteiger charge is -2.41. The molecular formula is C49H83N7O9S. The molecule has 3 rings (SSSR count). The lowest BCUT2D eigenvalue weighted by Crippen LogP contribution is -2.60. The molecule has 2 heterocycles. The summed E-state index contributed by atoms with van der Waals surface area (Å²) in [6.07, 6.45) is 4.22. The van der Waals surface area contributed by atoms with Gasteiger partial charge in [-0.05, 0) is 55.5 Å². The van der Waals surface area contributed by atoms with Crippen LogP contribution in [0.25, 0.3) is 0 Å². The second-order valence-electron chi connectivity index (χ2n) is 18.5. The van der Waals surface area contributed by atoms with Gasteiger partial charge < -0.3 is 44.2 Å². The number of ether oxygens (including phenoxy) is 4. The zero-order chi connectivity index (χ0) is 48.8. The van der Waals surface area contributed by atoms with E-state index in [4.69, 9.17) is 24.8 Å². The van der Waals surface area contributed by atoms with Crippen molar-refractivity contribution in [3.63, 3.8) is 0 Å². The zero-order valence-electron chi connectivity index (χ0n) is 41.7. The highest BCUT2D eigenvalue weighted by Gasteiger charge is 2.42. The third-order valence-corrected chi connectivity index (χ3v) is 14.0. The number of carbonyl (C=O) groups is 4. The lowest BCUT2D eigenvalue weighted by molar-refractivity contribution is -0.147. The highest BCUT2D eigenvalue weighted by molar-refractivity contribution is 7.09. The number of nitrogens with two attached hydrogens (primary N) is 1. The van der Waals surface area contributed by atoms with E-state index in [-0.39, 0.29) is 71.7 Å². The molecule has 0 spiro atoms. The third-order valence-electron chi connectivity index (χ3n) is 13.1. The van der Waals surface area contributed by atoms with Crippen molar-refractivity contribution in [2.24, 2.45) is 35.5 Å². The Bertz CT molecular complexity index is 1690. The summed E-state index contributed by atoms with van der Waals surface area (Å²) in [6, 6.07) is 7.92. The van der Waals surface area contributed by atoms with E-state index in [1.807, 2.05) is 75.0 Å². The molecule has 1 unspecified atom stereocenters. The molecule has 66 heavy (non-hydrogen) atoms. The molecule has 0 aliphatic carbocycles. The van der Waals surface area contributed by atoms with E-state index in [9.17, 15) is 19.2 Å². The van der Waals surface area contributed by atoms with Crippen LogP contribution in [0, 0.1) is 29.6 Å². The van der Waals surface area contributed by atoms with Crippen LogP contribution < -0.4 is 16.5 Å². The number of nitrogens with zero attached hydrogens (tertiary/aromatic N) is 4. The number of likely N-dealkylation sites (tertiary alicyclic amines) is 1. The van der Waals surface area contributed by atoms with Gasteiger partial charge in [0.2, 0.25) is 23.6 Å². The third kappa shape index (κ3) is 17.5. The minimum absolute atomic E-state index is 0.0244. The Morgan fingerprint density at radius 2 is 1.52 bits per heavy atom. The maximum atomic E-state index is 14.6. The highest BCUT2D eigenvalue weighted by Crippen LogP contribution is 2.32. The number of methoxy groups -OCH3 is 1. The Morgan fingerprint density at radius 1 is 0.879 bits per heavy atom. The van der Waals surface area contributed by atoms with Crippen LogP contribution in [0.4, 0.5) is 0 Å². The van der Waals surface area contributed by atoms with E-state index in [1.54, 1.807) is 25.3 Å². The van der Waals surface area contributed by atoms with E-state index >= 15 is 0 Å². The summed E-state index contributed by atoms with van der Waals surface area (Å²) >= 11 is 1.53. The average molecular weight is 946 g/mol. The molecule has 17 heteroatoms. The Morgan fingerprint density at radius 3 is 2.08 bits per heavy atom. The SMILES string of the molecule is CC[C@H](C)C([C@@H](CC(=O)N1CCC[C@H]1[C@H](C)[C@@H](C)C(=O)N[C@@H](Cc1ccccc1)c1nccs1)OC)N(C)C(=O)[C@@H](NC(=O)[C@H](C(C)C)N(C)CCOCCOCCOCCON)C(C)C. The van der Waals surface area contributed by atoms with Crippen LogP contribution in [0.2, 0.25) is 0 Å². The van der Waals surface area contributed by atoms with Gasteiger partial charge >= 0.3 is 0 Å². The molecule has 0 bridgehead atoms. The molecule has 1 aliphatic rings. The molecule has 16 nitrogen and oxygen atoms in total. The van der Waals surface area contributed by atoms with E-state index < -0.39 is 24.2 Å². The normalized spacial score (nSPS) is 17.9. The minimum Gasteiger partial charge on any atom is -0.379 e. The van der Waals surface area contributed by atoms with Gasteiger partial charge in [-0.2, -0.15) is 0 Å².